The number of hydrazone groups is 1. The molecule has 51 heavy (non-hydrogen) atoms. The number of carbonyl (C=O) groups excluding carboxylic acids is 1. The summed E-state index contributed by atoms with van der Waals surface area (Å²) in [7, 11) is 0. The average molecular weight is 773 g/mol. The van der Waals surface area contributed by atoms with Gasteiger partial charge in [-0.1, -0.05) is 70.3 Å². The number of nitrogens with zero attached hydrogens (tertiary/aromatic N) is 5. The van der Waals surface area contributed by atoms with Gasteiger partial charge >= 0.3 is 0 Å². The van der Waals surface area contributed by atoms with Crippen LogP contribution in [0, 0.1) is 0 Å². The van der Waals surface area contributed by atoms with Gasteiger partial charge in [-0.3, -0.25) is 14.6 Å². The van der Waals surface area contributed by atoms with Crippen LogP contribution in [0.1, 0.15) is 22.6 Å². The lowest BCUT2D eigenvalue weighted by atomic mass is 10.1. The van der Waals surface area contributed by atoms with E-state index in [-0.39, 0.29) is 37.2 Å². The summed E-state index contributed by atoms with van der Waals surface area (Å²) in [5.41, 5.74) is 5.59. The monoisotopic (exact) mass is 770 g/mol. The fourth-order valence-electron chi connectivity index (χ4n) is 5.12. The molecule has 0 aliphatic carbocycles. The van der Waals surface area contributed by atoms with Gasteiger partial charge in [0, 0.05) is 64.0 Å². The van der Waals surface area contributed by atoms with Gasteiger partial charge in [-0.25, -0.2) is 5.43 Å². The van der Waals surface area contributed by atoms with Gasteiger partial charge in [0.2, 0.25) is 11.7 Å². The molecule has 1 aliphatic heterocycles. The van der Waals surface area contributed by atoms with Crippen molar-refractivity contribution >= 4 is 59.3 Å². The molecule has 1 amide bonds. The Hall–Kier alpha value is -4.36. The van der Waals surface area contributed by atoms with Crippen molar-refractivity contribution in [2.75, 3.05) is 32.7 Å². The van der Waals surface area contributed by atoms with Crippen molar-refractivity contribution in [2.24, 2.45) is 5.10 Å². The van der Waals surface area contributed by atoms with E-state index in [2.05, 4.69) is 30.5 Å². The molecule has 0 radical (unpaired) electrons. The molecule has 1 saturated heterocycles. The van der Waals surface area contributed by atoms with Crippen molar-refractivity contribution in [1.29, 1.82) is 0 Å². The van der Waals surface area contributed by atoms with Crippen molar-refractivity contribution in [3.8, 4) is 28.6 Å². The lowest BCUT2D eigenvalue weighted by Crippen LogP contribution is -2.48. The molecule has 2 heterocycles. The minimum atomic E-state index is -0.252. The second-order valence-corrected chi connectivity index (χ2v) is 12.8. The van der Waals surface area contributed by atoms with Crippen molar-refractivity contribution in [3.05, 3.63) is 123 Å². The van der Waals surface area contributed by atoms with Crippen molar-refractivity contribution < 1.29 is 23.9 Å². The Morgan fingerprint density at radius 3 is 2.27 bits per heavy atom. The second-order valence-electron chi connectivity index (χ2n) is 11.5. The van der Waals surface area contributed by atoms with Crippen LogP contribution in [0.4, 0.5) is 0 Å². The maximum atomic E-state index is 12.5. The van der Waals surface area contributed by atoms with Crippen LogP contribution >= 0.6 is 47.2 Å². The first-order valence-electron chi connectivity index (χ1n) is 15.7. The van der Waals surface area contributed by atoms with Crippen molar-refractivity contribution in [1.82, 2.24) is 25.4 Å². The van der Waals surface area contributed by atoms with E-state index in [1.807, 2.05) is 36.4 Å². The van der Waals surface area contributed by atoms with Crippen LogP contribution in [0.3, 0.4) is 0 Å². The first kappa shape index (κ1) is 37.9. The van der Waals surface area contributed by atoms with Gasteiger partial charge < -0.3 is 19.1 Å². The van der Waals surface area contributed by atoms with Gasteiger partial charge in [0.15, 0.2) is 0 Å². The highest BCUT2D eigenvalue weighted by molar-refractivity contribution is 6.35. The minimum Gasteiger partial charge on any atom is -0.507 e. The molecule has 0 spiro atoms. The molecular formula is C36H34Cl4N6O5. The summed E-state index contributed by atoms with van der Waals surface area (Å²) in [4.78, 5) is 21.4. The Labute approximate surface area is 316 Å². The Balaban J connectivity index is 0.00000504. The number of ether oxygens (including phenoxy) is 2. The van der Waals surface area contributed by atoms with Crippen molar-refractivity contribution in [2.45, 2.75) is 19.8 Å². The van der Waals surface area contributed by atoms with E-state index in [1.165, 1.54) is 12.3 Å². The summed E-state index contributed by atoms with van der Waals surface area (Å²) < 4.78 is 17.1. The number of aromatic nitrogens is 2. The van der Waals surface area contributed by atoms with Crippen LogP contribution in [0.15, 0.2) is 94.6 Å². The van der Waals surface area contributed by atoms with Crippen molar-refractivity contribution in [3.63, 3.8) is 0 Å². The highest BCUT2D eigenvalue weighted by Crippen LogP contribution is 2.26. The molecule has 0 atom stereocenters. The van der Waals surface area contributed by atoms with E-state index >= 15 is 0 Å². The third-order valence-corrected chi connectivity index (χ3v) is 8.73. The summed E-state index contributed by atoms with van der Waals surface area (Å²) in [6.45, 7) is 4.23. The van der Waals surface area contributed by atoms with E-state index in [1.54, 1.807) is 42.5 Å². The number of phenolic OH excluding ortho intramolecular Hbond substituents is 1. The third kappa shape index (κ3) is 11.1. The molecule has 0 saturated carbocycles. The normalized spacial score (nSPS) is 13.5. The Morgan fingerprint density at radius 2 is 1.55 bits per heavy atom. The molecule has 1 fully saturated rings. The van der Waals surface area contributed by atoms with E-state index < -0.39 is 0 Å². The SMILES string of the molecule is Cl.O=C(CN1CCN(Cc2nc(-c3ccc(COc4ccc(Cl)cc4)cc3)no2)CC1)NN=Cc1ccc(OCc2ccc(Cl)cc2Cl)cc1O. The molecule has 4 aromatic carbocycles. The molecule has 2 N–H and O–H groups in total. The number of piperazine rings is 1. The highest BCUT2D eigenvalue weighted by atomic mass is 35.5. The maximum absolute atomic E-state index is 12.5. The lowest BCUT2D eigenvalue weighted by molar-refractivity contribution is -0.122. The second kappa shape index (κ2) is 18.2. The van der Waals surface area contributed by atoms with Gasteiger partial charge in [-0.05, 0) is 54.1 Å². The van der Waals surface area contributed by atoms with Gasteiger partial charge in [-0.15, -0.1) is 12.4 Å². The van der Waals surface area contributed by atoms with Crippen LogP contribution in [0.5, 0.6) is 17.2 Å². The number of rotatable bonds is 13. The molecule has 11 nitrogen and oxygen atoms in total. The number of hydrogen-bond acceptors (Lipinski definition) is 10. The number of nitrogens with one attached hydrogen (secondary N) is 1. The fraction of sp³-hybridized carbons (Fsp3) is 0.222. The minimum absolute atomic E-state index is 0. The molecule has 6 rings (SSSR count). The number of phenols is 1. The molecule has 0 unspecified atom stereocenters. The quantitative estimate of drug-likeness (QED) is 0.0941. The summed E-state index contributed by atoms with van der Waals surface area (Å²) in [5, 5.41) is 20.3. The van der Waals surface area contributed by atoms with Gasteiger partial charge in [-0.2, -0.15) is 10.1 Å². The molecule has 5 aromatic rings. The van der Waals surface area contributed by atoms with Crippen LogP contribution < -0.4 is 14.9 Å². The van der Waals surface area contributed by atoms with Crippen LogP contribution in [-0.4, -0.2) is 69.9 Å². The standard InChI is InChI=1S/C36H33Cl3N6O5.ClH/c37-28-8-11-30(12-9-28)48-22-24-1-3-25(4-2-24)36-41-35(50-43-36)21-45-15-13-44(14-16-45)20-34(47)42-40-19-26-6-10-31(18-33(26)46)49-23-27-5-7-29(38)17-32(27)39;/h1-12,17-19,46H,13-16,20-23H2,(H,42,47);1H. The molecule has 1 aromatic heterocycles. The summed E-state index contributed by atoms with van der Waals surface area (Å²) in [5.74, 6) is 1.97. The molecular weight excluding hydrogens is 738 g/mol. The van der Waals surface area contributed by atoms with Crippen LogP contribution in [-0.2, 0) is 24.6 Å². The van der Waals surface area contributed by atoms with E-state index in [9.17, 15) is 9.90 Å². The van der Waals surface area contributed by atoms with Crippen LogP contribution in [0.25, 0.3) is 11.4 Å². The zero-order valence-electron chi connectivity index (χ0n) is 27.2. The summed E-state index contributed by atoms with van der Waals surface area (Å²) in [6, 6.07) is 25.1. The molecule has 0 bridgehead atoms. The first-order valence-corrected chi connectivity index (χ1v) is 16.9. The molecule has 15 heteroatoms. The lowest BCUT2D eigenvalue weighted by Gasteiger charge is -2.33. The molecule has 266 valence electrons. The summed E-state index contributed by atoms with van der Waals surface area (Å²) in [6.07, 6.45) is 1.38. The highest BCUT2D eigenvalue weighted by Gasteiger charge is 2.21. The number of carbonyl (C=O) groups is 1. The number of amides is 1. The van der Waals surface area contributed by atoms with Gasteiger partial charge in [0.25, 0.3) is 5.91 Å². The Kier molecular flexibility index (Phi) is 13.5. The topological polar surface area (TPSA) is 126 Å². The molecule has 1 aliphatic rings. The van der Waals surface area contributed by atoms with Gasteiger partial charge in [0.05, 0.1) is 19.3 Å². The first-order chi connectivity index (χ1) is 24.3. The van der Waals surface area contributed by atoms with E-state index in [0.717, 1.165) is 35.5 Å². The predicted molar refractivity (Wildman–Crippen MR) is 199 cm³/mol. The zero-order chi connectivity index (χ0) is 34.9. The Morgan fingerprint density at radius 1 is 0.863 bits per heavy atom. The average Bonchev–Trinajstić information content (AvgIpc) is 3.58. The number of halogens is 4. The predicted octanol–water partition coefficient (Wildman–Crippen LogP) is 7.25. The zero-order valence-corrected chi connectivity index (χ0v) is 30.3. The number of benzene rings is 4. The number of aromatic hydroxyl groups is 1. The van der Waals surface area contributed by atoms with Gasteiger partial charge in [0.1, 0.15) is 30.5 Å². The summed E-state index contributed by atoms with van der Waals surface area (Å²) >= 11 is 18.1. The number of hydrogen-bond donors (Lipinski definition) is 2. The smallest absolute Gasteiger partial charge is 0.254 e. The Bertz CT molecular complexity index is 1930. The van der Waals surface area contributed by atoms with E-state index in [4.69, 9.17) is 48.8 Å². The largest absolute Gasteiger partial charge is 0.507 e. The third-order valence-electron chi connectivity index (χ3n) is 7.89. The van der Waals surface area contributed by atoms with E-state index in [0.29, 0.717) is 64.3 Å². The maximum Gasteiger partial charge on any atom is 0.254 e. The van der Waals surface area contributed by atoms with Crippen LogP contribution in [0.2, 0.25) is 15.1 Å². The fourth-order valence-corrected chi connectivity index (χ4v) is 5.70.